The maximum absolute atomic E-state index is 12.2. The minimum atomic E-state index is -0.0864. The number of carbonyl (C=O) groups excluding carboxylic acids is 1. The predicted octanol–water partition coefficient (Wildman–Crippen LogP) is 6.72. The van der Waals surface area contributed by atoms with Crippen molar-refractivity contribution in [3.8, 4) is 16.9 Å². The monoisotopic (exact) mass is 391 g/mol. The van der Waals surface area contributed by atoms with Gasteiger partial charge in [-0.15, -0.1) is 0 Å². The molecule has 0 unspecified atom stereocenters. The number of benzene rings is 1. The summed E-state index contributed by atoms with van der Waals surface area (Å²) in [4.78, 5) is 12.2. The highest BCUT2D eigenvalue weighted by Gasteiger charge is 2.28. The van der Waals surface area contributed by atoms with Crippen molar-refractivity contribution in [2.45, 2.75) is 66.2 Å². The summed E-state index contributed by atoms with van der Waals surface area (Å²) >= 11 is 0. The molecule has 0 atom stereocenters. The molecule has 3 aromatic rings. The first-order valence-corrected chi connectivity index (χ1v) is 10.4. The second-order valence-electron chi connectivity index (χ2n) is 9.84. The zero-order valence-electron chi connectivity index (χ0n) is 19.0. The van der Waals surface area contributed by atoms with Crippen LogP contribution in [-0.2, 0) is 10.8 Å². The van der Waals surface area contributed by atoms with Crippen LogP contribution in [0.15, 0.2) is 36.5 Å². The molecule has 2 aromatic heterocycles. The summed E-state index contributed by atoms with van der Waals surface area (Å²) in [5.74, 6) is 0.879. The van der Waals surface area contributed by atoms with Crippen molar-refractivity contribution in [2.24, 2.45) is 0 Å². The van der Waals surface area contributed by atoms with Crippen molar-refractivity contribution in [1.29, 1.82) is 0 Å². The molecule has 154 valence electrons. The van der Waals surface area contributed by atoms with Gasteiger partial charge in [0.1, 0.15) is 5.75 Å². The summed E-state index contributed by atoms with van der Waals surface area (Å²) < 4.78 is 8.20. The zero-order chi connectivity index (χ0) is 21.6. The first-order valence-electron chi connectivity index (χ1n) is 10.4. The third-order valence-corrected chi connectivity index (χ3v) is 5.51. The summed E-state index contributed by atoms with van der Waals surface area (Å²) in [7, 11) is 0. The van der Waals surface area contributed by atoms with Gasteiger partial charge in [-0.2, -0.15) is 0 Å². The quantitative estimate of drug-likeness (QED) is 0.462. The molecule has 3 heteroatoms. The zero-order valence-corrected chi connectivity index (χ0v) is 19.0. The van der Waals surface area contributed by atoms with Gasteiger partial charge < -0.3 is 9.14 Å². The Bertz CT molecular complexity index is 1060. The molecule has 3 nitrogen and oxygen atoms in total. The molecule has 2 heterocycles. The molecule has 0 aliphatic rings. The van der Waals surface area contributed by atoms with Crippen LogP contribution in [0.25, 0.3) is 16.6 Å². The lowest BCUT2D eigenvalue weighted by Crippen LogP contribution is -2.18. The Hall–Kier alpha value is -2.55. The lowest BCUT2D eigenvalue weighted by atomic mass is 9.78. The van der Waals surface area contributed by atoms with Crippen molar-refractivity contribution in [1.82, 2.24) is 4.40 Å². The van der Waals surface area contributed by atoms with Crippen LogP contribution in [0.2, 0.25) is 0 Å². The molecule has 3 rings (SSSR count). The summed E-state index contributed by atoms with van der Waals surface area (Å²) in [6.45, 7) is 18.0. The van der Waals surface area contributed by atoms with Crippen LogP contribution >= 0.6 is 0 Å². The number of rotatable bonds is 4. The number of aryl methyl sites for hydroxylation is 1. The lowest BCUT2D eigenvalue weighted by molar-refractivity contribution is 0.111. The van der Waals surface area contributed by atoms with E-state index in [9.17, 15) is 4.79 Å². The fraction of sp³-hybridized carbons (Fsp3) is 0.423. The lowest BCUT2D eigenvalue weighted by Gasteiger charge is -2.29. The molecule has 0 bridgehead atoms. The largest absolute Gasteiger partial charge is 0.493 e. The maximum atomic E-state index is 12.2. The molecule has 0 spiro atoms. The standard InChI is InChI=1S/C26H33NO2/c1-9-29-24-20(13-18(25(3,4)5)14-21(24)26(6,7)8)19-15-22-17(2)11-10-12-27(22)23(19)16-28/h10-16H,9H2,1-8H3. The van der Waals surface area contributed by atoms with E-state index in [4.69, 9.17) is 4.74 Å². The van der Waals surface area contributed by atoms with Gasteiger partial charge in [-0.3, -0.25) is 4.79 Å². The van der Waals surface area contributed by atoms with Crippen LogP contribution in [0.3, 0.4) is 0 Å². The van der Waals surface area contributed by atoms with E-state index in [2.05, 4.69) is 72.7 Å². The Morgan fingerprint density at radius 1 is 1.00 bits per heavy atom. The molecule has 29 heavy (non-hydrogen) atoms. The number of fused-ring (bicyclic) bond motifs is 1. The van der Waals surface area contributed by atoms with Crippen molar-refractivity contribution < 1.29 is 9.53 Å². The van der Waals surface area contributed by atoms with E-state index in [1.165, 1.54) is 11.1 Å². The minimum absolute atomic E-state index is 0.0179. The van der Waals surface area contributed by atoms with Crippen molar-refractivity contribution in [3.05, 3.63) is 58.9 Å². The van der Waals surface area contributed by atoms with Gasteiger partial charge in [0, 0.05) is 28.4 Å². The van der Waals surface area contributed by atoms with Crippen LogP contribution in [0, 0.1) is 6.92 Å². The average molecular weight is 392 g/mol. The molecule has 0 aliphatic carbocycles. The average Bonchev–Trinajstić information content (AvgIpc) is 3.00. The number of hydrogen-bond acceptors (Lipinski definition) is 2. The Balaban J connectivity index is 2.47. The van der Waals surface area contributed by atoms with Crippen LogP contribution in [0.5, 0.6) is 5.75 Å². The molecular weight excluding hydrogens is 358 g/mol. The van der Waals surface area contributed by atoms with Gasteiger partial charge in [0.2, 0.25) is 0 Å². The number of hydrogen-bond donors (Lipinski definition) is 0. The molecule has 0 saturated heterocycles. The first-order chi connectivity index (χ1) is 13.5. The smallest absolute Gasteiger partial charge is 0.167 e. The van der Waals surface area contributed by atoms with E-state index >= 15 is 0 Å². The summed E-state index contributed by atoms with van der Waals surface area (Å²) in [6, 6.07) is 10.7. The fourth-order valence-corrected chi connectivity index (χ4v) is 3.82. The van der Waals surface area contributed by atoms with Crippen LogP contribution in [0.4, 0.5) is 0 Å². The second-order valence-corrected chi connectivity index (χ2v) is 9.84. The van der Waals surface area contributed by atoms with E-state index in [1.54, 1.807) is 0 Å². The topological polar surface area (TPSA) is 30.7 Å². The third-order valence-electron chi connectivity index (χ3n) is 5.51. The molecule has 0 saturated carbocycles. The first kappa shape index (κ1) is 21.2. The van der Waals surface area contributed by atoms with Gasteiger partial charge in [0.25, 0.3) is 0 Å². The SMILES string of the molecule is CCOc1c(-c2cc3c(C)cccn3c2C=O)cc(C(C)(C)C)cc1C(C)(C)C. The van der Waals surface area contributed by atoms with Crippen LogP contribution in [0.1, 0.15) is 75.6 Å². The van der Waals surface area contributed by atoms with Crippen molar-refractivity contribution in [2.75, 3.05) is 6.61 Å². The predicted molar refractivity (Wildman–Crippen MR) is 122 cm³/mol. The number of nitrogens with zero attached hydrogens (tertiary/aromatic N) is 1. The number of aldehydes is 1. The van der Waals surface area contributed by atoms with E-state index in [0.29, 0.717) is 12.3 Å². The normalized spacial score (nSPS) is 12.4. The number of pyridine rings is 1. The van der Waals surface area contributed by atoms with E-state index in [1.807, 2.05) is 23.6 Å². The van der Waals surface area contributed by atoms with Crippen molar-refractivity contribution in [3.63, 3.8) is 0 Å². The summed E-state index contributed by atoms with van der Waals surface area (Å²) in [6.07, 6.45) is 2.91. The maximum Gasteiger partial charge on any atom is 0.167 e. The summed E-state index contributed by atoms with van der Waals surface area (Å²) in [5.41, 5.74) is 7.08. The van der Waals surface area contributed by atoms with Gasteiger partial charge >= 0.3 is 0 Å². The molecule has 0 aliphatic heterocycles. The Labute approximate surface area is 174 Å². The van der Waals surface area contributed by atoms with Crippen molar-refractivity contribution >= 4 is 11.8 Å². The molecule has 0 N–H and O–H groups in total. The van der Waals surface area contributed by atoms with E-state index < -0.39 is 0 Å². The minimum Gasteiger partial charge on any atom is -0.493 e. The Kier molecular flexibility index (Phi) is 5.38. The molecular formula is C26H33NO2. The highest BCUT2D eigenvalue weighted by atomic mass is 16.5. The van der Waals surface area contributed by atoms with Gasteiger partial charge in [-0.25, -0.2) is 0 Å². The van der Waals surface area contributed by atoms with E-state index in [-0.39, 0.29) is 10.8 Å². The third kappa shape index (κ3) is 3.83. The molecule has 0 amide bonds. The second kappa shape index (κ2) is 7.37. The van der Waals surface area contributed by atoms with Crippen LogP contribution in [-0.4, -0.2) is 17.3 Å². The number of aromatic nitrogens is 1. The number of ether oxygens (including phenoxy) is 1. The van der Waals surface area contributed by atoms with Gasteiger partial charge in [0.15, 0.2) is 6.29 Å². The molecule has 0 radical (unpaired) electrons. The van der Waals surface area contributed by atoms with E-state index in [0.717, 1.165) is 34.2 Å². The van der Waals surface area contributed by atoms with Gasteiger partial charge in [0.05, 0.1) is 12.3 Å². The van der Waals surface area contributed by atoms with Gasteiger partial charge in [-0.05, 0) is 54.0 Å². The fourth-order valence-electron chi connectivity index (χ4n) is 3.82. The van der Waals surface area contributed by atoms with Crippen LogP contribution < -0.4 is 4.74 Å². The Morgan fingerprint density at radius 3 is 2.24 bits per heavy atom. The Morgan fingerprint density at radius 2 is 1.69 bits per heavy atom. The number of carbonyl (C=O) groups is 1. The van der Waals surface area contributed by atoms with Gasteiger partial charge in [-0.1, -0.05) is 53.7 Å². The molecule has 1 aromatic carbocycles. The highest BCUT2D eigenvalue weighted by molar-refractivity contribution is 5.92. The molecule has 0 fully saturated rings. The summed E-state index contributed by atoms with van der Waals surface area (Å²) in [5, 5.41) is 0. The highest BCUT2D eigenvalue weighted by Crippen LogP contribution is 2.44.